The highest BCUT2D eigenvalue weighted by Gasteiger charge is 2.31. The third-order valence-electron chi connectivity index (χ3n) is 6.68. The highest BCUT2D eigenvalue weighted by atomic mass is 32.1. The van der Waals surface area contributed by atoms with Gasteiger partial charge in [0.2, 0.25) is 11.8 Å². The average molecular weight is 492 g/mol. The zero-order valence-corrected chi connectivity index (χ0v) is 21.5. The topological polar surface area (TPSA) is 71.5 Å². The van der Waals surface area contributed by atoms with Crippen LogP contribution in [0.15, 0.2) is 47.8 Å². The first-order valence-electron chi connectivity index (χ1n) is 12.1. The van der Waals surface area contributed by atoms with Crippen LogP contribution in [0.1, 0.15) is 64.7 Å². The van der Waals surface area contributed by atoms with Crippen LogP contribution in [-0.2, 0) is 22.6 Å². The van der Waals surface area contributed by atoms with Crippen molar-refractivity contribution in [2.24, 2.45) is 0 Å². The van der Waals surface area contributed by atoms with Crippen LogP contribution in [0.4, 0.5) is 0 Å². The number of rotatable bonds is 9. The molecule has 184 valence electrons. The first-order chi connectivity index (χ1) is 17.0. The second kappa shape index (κ2) is 11.5. The maximum Gasteiger partial charge on any atom is 0.223 e. The summed E-state index contributed by atoms with van der Waals surface area (Å²) in [5, 5.41) is 5.86. The highest BCUT2D eigenvalue weighted by molar-refractivity contribution is 7.09. The molecule has 1 aliphatic rings. The summed E-state index contributed by atoms with van der Waals surface area (Å²) in [5.74, 6) is 0.687. The normalized spacial score (nSPS) is 15.3. The number of hydrogen-bond donors (Lipinski definition) is 1. The van der Waals surface area contributed by atoms with Crippen LogP contribution in [0.3, 0.4) is 0 Å². The Balaban J connectivity index is 1.26. The van der Waals surface area contributed by atoms with Crippen LogP contribution >= 0.6 is 11.3 Å². The lowest BCUT2D eigenvalue weighted by Gasteiger charge is -2.26. The van der Waals surface area contributed by atoms with Gasteiger partial charge in [-0.15, -0.1) is 11.3 Å². The Morgan fingerprint density at radius 2 is 1.89 bits per heavy atom. The van der Waals surface area contributed by atoms with Crippen molar-refractivity contribution in [3.63, 3.8) is 0 Å². The summed E-state index contributed by atoms with van der Waals surface area (Å²) in [4.78, 5) is 32.0. The SMILES string of the molecule is COc1ccccc1C1CCCN1C(=O)CCC(=O)NCc1nc(Cc2c(C)cccc2C)cs1. The summed E-state index contributed by atoms with van der Waals surface area (Å²) in [7, 11) is 1.65. The van der Waals surface area contributed by atoms with Gasteiger partial charge in [0.1, 0.15) is 10.8 Å². The predicted molar refractivity (Wildman–Crippen MR) is 139 cm³/mol. The molecule has 0 saturated carbocycles. The van der Waals surface area contributed by atoms with Crippen LogP contribution in [0.2, 0.25) is 0 Å². The number of ether oxygens (including phenoxy) is 1. The molecular weight excluding hydrogens is 458 g/mol. The minimum Gasteiger partial charge on any atom is -0.496 e. The van der Waals surface area contributed by atoms with Crippen LogP contribution in [0.25, 0.3) is 0 Å². The number of para-hydroxylation sites is 1. The fourth-order valence-electron chi connectivity index (χ4n) is 4.78. The Hall–Kier alpha value is -3.19. The molecule has 1 atom stereocenters. The standard InChI is InChI=1S/C28H33N3O3S/c1-19-8-6-9-20(2)23(19)16-21-18-35-27(30-21)17-29-26(32)13-14-28(33)31-15-7-11-24(31)22-10-4-5-12-25(22)34-3/h4-6,8-10,12,18,24H,7,11,13-17H2,1-3H3,(H,29,32). The molecule has 0 aliphatic carbocycles. The van der Waals surface area contributed by atoms with Crippen LogP contribution in [0.5, 0.6) is 5.75 Å². The molecule has 3 aromatic rings. The van der Waals surface area contributed by atoms with Crippen molar-refractivity contribution in [3.05, 3.63) is 80.8 Å². The van der Waals surface area contributed by atoms with Gasteiger partial charge >= 0.3 is 0 Å². The van der Waals surface area contributed by atoms with Gasteiger partial charge in [-0.2, -0.15) is 0 Å². The van der Waals surface area contributed by atoms with Gasteiger partial charge in [-0.05, 0) is 49.4 Å². The molecule has 2 heterocycles. The summed E-state index contributed by atoms with van der Waals surface area (Å²) >= 11 is 1.56. The molecule has 35 heavy (non-hydrogen) atoms. The van der Waals surface area contributed by atoms with E-state index in [1.54, 1.807) is 18.4 Å². The molecule has 1 N–H and O–H groups in total. The number of benzene rings is 2. The Morgan fingerprint density at radius 1 is 1.11 bits per heavy atom. The van der Waals surface area contributed by atoms with Crippen LogP contribution < -0.4 is 10.1 Å². The van der Waals surface area contributed by atoms with E-state index in [9.17, 15) is 9.59 Å². The molecule has 7 heteroatoms. The number of hydrogen-bond acceptors (Lipinski definition) is 5. The summed E-state index contributed by atoms with van der Waals surface area (Å²) in [5.41, 5.74) is 5.89. The maximum absolute atomic E-state index is 12.9. The first-order valence-corrected chi connectivity index (χ1v) is 13.0. The second-order valence-electron chi connectivity index (χ2n) is 9.04. The van der Waals surface area contributed by atoms with Gasteiger partial charge in [0.25, 0.3) is 0 Å². The summed E-state index contributed by atoms with van der Waals surface area (Å²) < 4.78 is 5.50. The third kappa shape index (κ3) is 6.09. The largest absolute Gasteiger partial charge is 0.496 e. The van der Waals surface area contributed by atoms with Crippen molar-refractivity contribution in [1.29, 1.82) is 0 Å². The maximum atomic E-state index is 12.9. The number of likely N-dealkylation sites (tertiary alicyclic amines) is 1. The molecule has 1 unspecified atom stereocenters. The van der Waals surface area contributed by atoms with Crippen molar-refractivity contribution in [3.8, 4) is 5.75 Å². The zero-order chi connectivity index (χ0) is 24.8. The molecule has 2 aromatic carbocycles. The fraction of sp³-hybridized carbons (Fsp3) is 0.393. The number of aryl methyl sites for hydroxylation is 2. The van der Waals surface area contributed by atoms with E-state index in [4.69, 9.17) is 9.72 Å². The van der Waals surface area contributed by atoms with Gasteiger partial charge in [0, 0.05) is 36.8 Å². The second-order valence-corrected chi connectivity index (χ2v) is 9.99. The van der Waals surface area contributed by atoms with Crippen LogP contribution in [-0.4, -0.2) is 35.4 Å². The van der Waals surface area contributed by atoms with Gasteiger partial charge in [-0.1, -0.05) is 36.4 Å². The van der Waals surface area contributed by atoms with Gasteiger partial charge < -0.3 is 15.0 Å². The molecule has 1 aromatic heterocycles. The van der Waals surface area contributed by atoms with Crippen molar-refractivity contribution < 1.29 is 14.3 Å². The zero-order valence-electron chi connectivity index (χ0n) is 20.7. The van der Waals surface area contributed by atoms with Crippen molar-refractivity contribution in [1.82, 2.24) is 15.2 Å². The average Bonchev–Trinajstić information content (AvgIpc) is 3.53. The number of carbonyl (C=O) groups excluding carboxylic acids is 2. The van der Waals surface area contributed by atoms with E-state index in [1.165, 1.54) is 16.7 Å². The Labute approximate surface area is 211 Å². The van der Waals surface area contributed by atoms with Crippen molar-refractivity contribution >= 4 is 23.2 Å². The van der Waals surface area contributed by atoms with E-state index < -0.39 is 0 Å². The lowest BCUT2D eigenvalue weighted by Crippen LogP contribution is -2.32. The van der Waals surface area contributed by atoms with Crippen LogP contribution in [0, 0.1) is 13.8 Å². The van der Waals surface area contributed by atoms with E-state index in [-0.39, 0.29) is 30.7 Å². The van der Waals surface area contributed by atoms with Crippen molar-refractivity contribution in [2.45, 2.75) is 58.5 Å². The lowest BCUT2D eigenvalue weighted by molar-refractivity contribution is -0.134. The molecule has 2 amide bonds. The van der Waals surface area contributed by atoms with E-state index in [0.717, 1.165) is 41.3 Å². The molecule has 1 aliphatic heterocycles. The minimum atomic E-state index is -0.127. The smallest absolute Gasteiger partial charge is 0.223 e. The van der Waals surface area contributed by atoms with E-state index >= 15 is 0 Å². The molecule has 0 spiro atoms. The number of thiazole rings is 1. The molecule has 6 nitrogen and oxygen atoms in total. The van der Waals surface area contributed by atoms with Gasteiger partial charge in [0.15, 0.2) is 0 Å². The quantitative estimate of drug-likeness (QED) is 0.451. The molecule has 4 rings (SSSR count). The summed E-state index contributed by atoms with van der Waals surface area (Å²) in [6, 6.07) is 14.2. The molecule has 0 bridgehead atoms. The monoisotopic (exact) mass is 491 g/mol. The number of amides is 2. The summed E-state index contributed by atoms with van der Waals surface area (Å²) in [6.45, 7) is 5.35. The minimum absolute atomic E-state index is 0.00680. The number of methoxy groups -OCH3 is 1. The Bertz CT molecular complexity index is 1170. The van der Waals surface area contributed by atoms with Crippen molar-refractivity contribution in [2.75, 3.05) is 13.7 Å². The Morgan fingerprint density at radius 3 is 2.66 bits per heavy atom. The third-order valence-corrected chi connectivity index (χ3v) is 7.57. The van der Waals surface area contributed by atoms with E-state index in [0.29, 0.717) is 13.1 Å². The number of nitrogens with zero attached hydrogens (tertiary/aromatic N) is 2. The van der Waals surface area contributed by atoms with Gasteiger partial charge in [-0.3, -0.25) is 9.59 Å². The fourth-order valence-corrected chi connectivity index (χ4v) is 5.51. The number of aromatic nitrogens is 1. The van der Waals surface area contributed by atoms with E-state index in [1.807, 2.05) is 29.2 Å². The van der Waals surface area contributed by atoms with Gasteiger partial charge in [0.05, 0.1) is 25.4 Å². The molecular formula is C28H33N3O3S. The lowest BCUT2D eigenvalue weighted by atomic mass is 9.99. The number of carbonyl (C=O) groups is 2. The predicted octanol–water partition coefficient (Wildman–Crippen LogP) is 5.12. The molecule has 1 saturated heterocycles. The molecule has 0 radical (unpaired) electrons. The highest BCUT2D eigenvalue weighted by Crippen LogP contribution is 2.37. The van der Waals surface area contributed by atoms with Gasteiger partial charge in [-0.25, -0.2) is 4.98 Å². The Kier molecular flexibility index (Phi) is 8.18. The number of nitrogens with one attached hydrogen (secondary N) is 1. The first kappa shape index (κ1) is 24.9. The molecule has 1 fully saturated rings. The summed E-state index contributed by atoms with van der Waals surface area (Å²) in [6.07, 6.45) is 3.03. The van der Waals surface area contributed by atoms with E-state index in [2.05, 4.69) is 42.7 Å².